The molecule has 0 unspecified atom stereocenters. The van der Waals surface area contributed by atoms with E-state index in [2.05, 4.69) is 5.32 Å². The van der Waals surface area contributed by atoms with Gasteiger partial charge in [-0.25, -0.2) is 9.59 Å². The Kier molecular flexibility index (Phi) is 6.54. The van der Waals surface area contributed by atoms with E-state index in [4.69, 9.17) is 8.83 Å². The molecule has 1 atom stereocenters. The highest BCUT2D eigenvalue weighted by Crippen LogP contribution is 2.37. The van der Waals surface area contributed by atoms with Crippen molar-refractivity contribution in [1.29, 1.82) is 0 Å². The van der Waals surface area contributed by atoms with Crippen LogP contribution in [0.2, 0.25) is 0 Å². The molecular formula is C27H27NO6. The average molecular weight is 462 g/mol. The van der Waals surface area contributed by atoms with E-state index in [1.807, 2.05) is 50.2 Å². The lowest BCUT2D eigenvalue weighted by molar-refractivity contribution is -0.142. The molecule has 1 amide bonds. The third-order valence-electron chi connectivity index (χ3n) is 6.24. The quantitative estimate of drug-likeness (QED) is 0.352. The average Bonchev–Trinajstić information content (AvgIpc) is 3.25. The van der Waals surface area contributed by atoms with Crippen molar-refractivity contribution in [3.63, 3.8) is 0 Å². The summed E-state index contributed by atoms with van der Waals surface area (Å²) in [4.78, 5) is 36.9. The Morgan fingerprint density at radius 2 is 1.79 bits per heavy atom. The largest absolute Gasteiger partial charge is 0.480 e. The number of carboxylic acid groups (broad SMARTS) is 1. The van der Waals surface area contributed by atoms with Crippen molar-refractivity contribution in [2.24, 2.45) is 0 Å². The molecule has 2 aromatic carbocycles. The normalized spacial score (nSPS) is 12.2. The molecule has 0 radical (unpaired) electrons. The van der Waals surface area contributed by atoms with Crippen LogP contribution < -0.4 is 10.9 Å². The van der Waals surface area contributed by atoms with Crippen LogP contribution in [0.25, 0.3) is 33.1 Å². The number of furan rings is 1. The van der Waals surface area contributed by atoms with Gasteiger partial charge in [-0.1, -0.05) is 50.1 Å². The molecule has 0 saturated carbocycles. The molecule has 4 aromatic rings. The molecule has 0 saturated heterocycles. The third-order valence-corrected chi connectivity index (χ3v) is 6.24. The Balaban J connectivity index is 1.75. The van der Waals surface area contributed by atoms with Gasteiger partial charge < -0.3 is 19.3 Å². The smallest absolute Gasteiger partial charge is 0.340 e. The predicted octanol–water partition coefficient (Wildman–Crippen LogP) is 5.13. The number of carbonyl (C=O) groups excluding carboxylic acids is 1. The van der Waals surface area contributed by atoms with Gasteiger partial charge in [0.1, 0.15) is 17.2 Å². The Morgan fingerprint density at radius 1 is 1.06 bits per heavy atom. The first-order chi connectivity index (χ1) is 16.3. The van der Waals surface area contributed by atoms with Gasteiger partial charge in [-0.2, -0.15) is 0 Å². The van der Waals surface area contributed by atoms with Crippen molar-refractivity contribution in [2.75, 3.05) is 0 Å². The minimum atomic E-state index is -1.09. The number of aryl methyl sites for hydroxylation is 2. The Hall–Kier alpha value is -3.87. The molecule has 0 spiro atoms. The molecule has 2 aromatic heterocycles. The van der Waals surface area contributed by atoms with Crippen LogP contribution in [0.4, 0.5) is 0 Å². The monoisotopic (exact) mass is 461 g/mol. The van der Waals surface area contributed by atoms with Crippen LogP contribution in [0, 0.1) is 13.8 Å². The fourth-order valence-electron chi connectivity index (χ4n) is 4.31. The lowest BCUT2D eigenvalue weighted by Crippen LogP contribution is -2.42. The number of rotatable bonds is 8. The zero-order chi connectivity index (χ0) is 24.4. The van der Waals surface area contributed by atoms with Gasteiger partial charge in [0.2, 0.25) is 5.91 Å². The summed E-state index contributed by atoms with van der Waals surface area (Å²) in [6.45, 7) is 5.57. The second kappa shape index (κ2) is 9.55. The maximum atomic E-state index is 12.8. The molecule has 0 aliphatic carbocycles. The molecule has 7 nitrogen and oxygen atoms in total. The Labute approximate surface area is 196 Å². The lowest BCUT2D eigenvalue weighted by Gasteiger charge is -2.15. The number of unbranched alkanes of at least 4 members (excludes halogenated alkanes) is 1. The van der Waals surface area contributed by atoms with E-state index < -0.39 is 23.5 Å². The maximum absolute atomic E-state index is 12.8. The van der Waals surface area contributed by atoms with Crippen LogP contribution in [0.5, 0.6) is 0 Å². The minimum absolute atomic E-state index is 0.216. The van der Waals surface area contributed by atoms with Crippen molar-refractivity contribution in [3.8, 4) is 11.1 Å². The van der Waals surface area contributed by atoms with Gasteiger partial charge in [-0.15, -0.1) is 0 Å². The van der Waals surface area contributed by atoms with E-state index in [1.165, 1.54) is 0 Å². The molecule has 0 aliphatic rings. The highest BCUT2D eigenvalue weighted by molar-refractivity contribution is 6.05. The van der Waals surface area contributed by atoms with Crippen molar-refractivity contribution >= 4 is 33.8 Å². The van der Waals surface area contributed by atoms with Crippen LogP contribution in [0.3, 0.4) is 0 Å². The number of nitrogens with one attached hydrogen (secondary N) is 1. The van der Waals surface area contributed by atoms with Crippen molar-refractivity contribution in [2.45, 2.75) is 52.5 Å². The molecule has 2 N–H and O–H groups in total. The van der Waals surface area contributed by atoms with E-state index in [1.54, 1.807) is 13.2 Å². The van der Waals surface area contributed by atoms with Crippen molar-refractivity contribution < 1.29 is 23.5 Å². The maximum Gasteiger partial charge on any atom is 0.340 e. The second-order valence-corrected chi connectivity index (χ2v) is 8.54. The van der Waals surface area contributed by atoms with Gasteiger partial charge in [-0.3, -0.25) is 4.79 Å². The Morgan fingerprint density at radius 3 is 2.47 bits per heavy atom. The first-order valence-electron chi connectivity index (χ1n) is 11.4. The van der Waals surface area contributed by atoms with E-state index in [9.17, 15) is 19.5 Å². The van der Waals surface area contributed by atoms with Crippen molar-refractivity contribution in [3.05, 3.63) is 69.8 Å². The van der Waals surface area contributed by atoms with Crippen LogP contribution in [-0.4, -0.2) is 23.0 Å². The van der Waals surface area contributed by atoms with Crippen LogP contribution in [0.1, 0.15) is 42.9 Å². The van der Waals surface area contributed by atoms with Gasteiger partial charge in [0.25, 0.3) is 0 Å². The molecule has 34 heavy (non-hydrogen) atoms. The summed E-state index contributed by atoms with van der Waals surface area (Å²) < 4.78 is 11.5. The zero-order valence-electron chi connectivity index (χ0n) is 19.4. The van der Waals surface area contributed by atoms with Crippen LogP contribution in [0.15, 0.2) is 56.3 Å². The molecule has 4 rings (SSSR count). The number of carboxylic acids is 1. The zero-order valence-corrected chi connectivity index (χ0v) is 19.4. The molecular weight excluding hydrogens is 434 g/mol. The Bertz CT molecular complexity index is 1430. The molecule has 2 heterocycles. The summed E-state index contributed by atoms with van der Waals surface area (Å²) in [5.74, 6) is -1.61. The third kappa shape index (κ3) is 4.33. The second-order valence-electron chi connectivity index (χ2n) is 8.54. The number of carbonyl (C=O) groups is 2. The van der Waals surface area contributed by atoms with E-state index in [0.29, 0.717) is 40.5 Å². The van der Waals surface area contributed by atoms with Gasteiger partial charge >= 0.3 is 11.6 Å². The van der Waals surface area contributed by atoms with Gasteiger partial charge in [0.15, 0.2) is 0 Å². The summed E-state index contributed by atoms with van der Waals surface area (Å²) in [7, 11) is 0. The summed E-state index contributed by atoms with van der Waals surface area (Å²) in [5, 5.41) is 13.5. The standard InChI is InChI=1S/C27H27NO6/c1-4-5-11-22(26(30)31)28-23(29)13-19-15(2)18-12-20-21(17-9-7-6-8-10-17)14-33-24(20)16(3)25(18)34-27(19)32/h6-10,12,14,22H,4-5,11,13H2,1-3H3,(H,28,29)(H,30,31)/t22-/m1/s1. The van der Waals surface area contributed by atoms with E-state index in [-0.39, 0.29) is 12.0 Å². The van der Waals surface area contributed by atoms with E-state index >= 15 is 0 Å². The summed E-state index contributed by atoms with van der Waals surface area (Å²) >= 11 is 0. The topological polar surface area (TPSA) is 110 Å². The van der Waals surface area contributed by atoms with Gasteiger partial charge in [-0.05, 0) is 37.5 Å². The first kappa shape index (κ1) is 23.3. The van der Waals surface area contributed by atoms with Crippen LogP contribution in [-0.2, 0) is 16.0 Å². The number of amides is 1. The summed E-state index contributed by atoms with van der Waals surface area (Å²) in [5.41, 5.74) is 3.92. The fraction of sp³-hybridized carbons (Fsp3) is 0.296. The fourth-order valence-corrected chi connectivity index (χ4v) is 4.31. The number of benzene rings is 2. The number of fused-ring (bicyclic) bond motifs is 2. The number of hydrogen-bond donors (Lipinski definition) is 2. The highest BCUT2D eigenvalue weighted by atomic mass is 16.4. The predicted molar refractivity (Wildman–Crippen MR) is 130 cm³/mol. The lowest BCUT2D eigenvalue weighted by atomic mass is 9.97. The summed E-state index contributed by atoms with van der Waals surface area (Å²) in [6.07, 6.45) is 3.27. The molecule has 176 valence electrons. The molecule has 0 bridgehead atoms. The molecule has 0 fully saturated rings. The van der Waals surface area contributed by atoms with Gasteiger partial charge in [0.05, 0.1) is 18.2 Å². The molecule has 7 heteroatoms. The first-order valence-corrected chi connectivity index (χ1v) is 11.4. The van der Waals surface area contributed by atoms with Crippen molar-refractivity contribution in [1.82, 2.24) is 5.32 Å². The minimum Gasteiger partial charge on any atom is -0.480 e. The van der Waals surface area contributed by atoms with Gasteiger partial charge in [0, 0.05) is 21.9 Å². The number of aliphatic carboxylic acids is 1. The number of hydrogen-bond acceptors (Lipinski definition) is 5. The summed E-state index contributed by atoms with van der Waals surface area (Å²) in [6, 6.07) is 10.8. The van der Waals surface area contributed by atoms with Crippen LogP contribution >= 0.6 is 0 Å². The van der Waals surface area contributed by atoms with E-state index in [0.717, 1.165) is 22.9 Å². The SMILES string of the molecule is CCCC[C@@H](NC(=O)Cc1c(C)c2cc3c(-c4ccccc4)coc3c(C)c2oc1=O)C(=O)O. The molecule has 0 aliphatic heterocycles. The highest BCUT2D eigenvalue weighted by Gasteiger charge is 2.23.